The molecular formula is C12H23N5O. The highest BCUT2D eigenvalue weighted by Crippen LogP contribution is 2.27. The Hall–Kier alpha value is -1.40. The lowest BCUT2D eigenvalue weighted by molar-refractivity contribution is 0.283. The van der Waals surface area contributed by atoms with Crippen molar-refractivity contribution in [3.05, 3.63) is 11.9 Å². The summed E-state index contributed by atoms with van der Waals surface area (Å²) in [7, 11) is 0. The van der Waals surface area contributed by atoms with Crippen molar-refractivity contribution in [3.8, 4) is 0 Å². The Morgan fingerprint density at radius 1 is 1.22 bits per heavy atom. The smallest absolute Gasteiger partial charge is 0.148 e. The zero-order valence-corrected chi connectivity index (χ0v) is 11.1. The van der Waals surface area contributed by atoms with Crippen molar-refractivity contribution in [1.82, 2.24) is 9.97 Å². The summed E-state index contributed by atoms with van der Waals surface area (Å²) in [4.78, 5) is 8.38. The predicted octanol–water partition coefficient (Wildman–Crippen LogP) is 1.46. The maximum Gasteiger partial charge on any atom is 0.148 e. The molecule has 1 rings (SSSR count). The standard InChI is InChI=1S/C12H23N5O/c1-9(2)10-11(14-6-4-3-5-7-18)15-8-16-12(10)17-13/h8-9,18H,3-7,13H2,1-2H3,(H2,14,15,16,17). The van der Waals surface area contributed by atoms with Crippen LogP contribution in [0.1, 0.15) is 44.6 Å². The van der Waals surface area contributed by atoms with E-state index < -0.39 is 0 Å². The van der Waals surface area contributed by atoms with Crippen molar-refractivity contribution in [2.24, 2.45) is 5.84 Å². The Morgan fingerprint density at radius 2 is 1.94 bits per heavy atom. The minimum Gasteiger partial charge on any atom is -0.396 e. The molecule has 0 spiro atoms. The lowest BCUT2D eigenvalue weighted by Crippen LogP contribution is -2.15. The van der Waals surface area contributed by atoms with Crippen molar-refractivity contribution < 1.29 is 5.11 Å². The van der Waals surface area contributed by atoms with Crippen LogP contribution in [0.4, 0.5) is 11.6 Å². The van der Waals surface area contributed by atoms with Gasteiger partial charge in [-0.25, -0.2) is 15.8 Å². The van der Waals surface area contributed by atoms with Crippen molar-refractivity contribution in [2.45, 2.75) is 39.0 Å². The van der Waals surface area contributed by atoms with Crippen LogP contribution in [0.3, 0.4) is 0 Å². The number of hydrogen-bond donors (Lipinski definition) is 4. The molecule has 0 aliphatic heterocycles. The SMILES string of the molecule is CC(C)c1c(NN)ncnc1NCCCCCO. The summed E-state index contributed by atoms with van der Waals surface area (Å²) in [5.41, 5.74) is 3.61. The third-order valence-electron chi connectivity index (χ3n) is 2.73. The Labute approximate surface area is 108 Å². The number of hydrogen-bond acceptors (Lipinski definition) is 6. The van der Waals surface area contributed by atoms with Gasteiger partial charge in [-0.1, -0.05) is 13.8 Å². The van der Waals surface area contributed by atoms with E-state index in [1.807, 2.05) is 0 Å². The number of nitrogens with one attached hydrogen (secondary N) is 2. The molecule has 0 aliphatic rings. The van der Waals surface area contributed by atoms with Crippen molar-refractivity contribution in [3.63, 3.8) is 0 Å². The Bertz CT molecular complexity index is 356. The van der Waals surface area contributed by atoms with Gasteiger partial charge in [-0.15, -0.1) is 0 Å². The van der Waals surface area contributed by atoms with Gasteiger partial charge in [-0.05, 0) is 25.2 Å². The first-order valence-electron chi connectivity index (χ1n) is 6.37. The highest BCUT2D eigenvalue weighted by atomic mass is 16.2. The highest BCUT2D eigenvalue weighted by molar-refractivity contribution is 5.58. The molecule has 102 valence electrons. The van der Waals surface area contributed by atoms with Crippen LogP contribution in [0.2, 0.25) is 0 Å². The first-order chi connectivity index (χ1) is 8.70. The normalized spacial score (nSPS) is 10.7. The van der Waals surface area contributed by atoms with Crippen LogP contribution in [-0.4, -0.2) is 28.2 Å². The molecule has 0 saturated carbocycles. The minimum absolute atomic E-state index is 0.256. The molecule has 0 amide bonds. The number of unbranched alkanes of at least 4 members (excludes halogenated alkanes) is 2. The van der Waals surface area contributed by atoms with E-state index in [0.29, 0.717) is 5.82 Å². The van der Waals surface area contributed by atoms with Gasteiger partial charge in [0, 0.05) is 18.7 Å². The second-order valence-corrected chi connectivity index (χ2v) is 4.49. The summed E-state index contributed by atoms with van der Waals surface area (Å²) >= 11 is 0. The van der Waals surface area contributed by atoms with Crippen LogP contribution in [-0.2, 0) is 0 Å². The molecule has 18 heavy (non-hydrogen) atoms. The molecule has 6 nitrogen and oxygen atoms in total. The van der Waals surface area contributed by atoms with Gasteiger partial charge in [0.1, 0.15) is 18.0 Å². The number of aliphatic hydroxyl groups is 1. The van der Waals surface area contributed by atoms with Crippen LogP contribution >= 0.6 is 0 Å². The van der Waals surface area contributed by atoms with Gasteiger partial charge in [0.15, 0.2) is 0 Å². The largest absolute Gasteiger partial charge is 0.396 e. The molecule has 0 aromatic carbocycles. The van der Waals surface area contributed by atoms with E-state index in [-0.39, 0.29) is 12.5 Å². The molecule has 1 aromatic rings. The van der Waals surface area contributed by atoms with Crippen molar-refractivity contribution >= 4 is 11.6 Å². The van der Waals surface area contributed by atoms with Gasteiger partial charge in [-0.3, -0.25) is 0 Å². The van der Waals surface area contributed by atoms with E-state index >= 15 is 0 Å². The van der Waals surface area contributed by atoms with E-state index in [9.17, 15) is 0 Å². The summed E-state index contributed by atoms with van der Waals surface area (Å²) in [6, 6.07) is 0. The molecule has 5 N–H and O–H groups in total. The third kappa shape index (κ3) is 4.12. The zero-order chi connectivity index (χ0) is 13.4. The molecule has 0 radical (unpaired) electrons. The lowest BCUT2D eigenvalue weighted by Gasteiger charge is -2.16. The van der Waals surface area contributed by atoms with Crippen LogP contribution in [0.15, 0.2) is 6.33 Å². The lowest BCUT2D eigenvalue weighted by atomic mass is 10.0. The van der Waals surface area contributed by atoms with Gasteiger partial charge in [0.05, 0.1) is 0 Å². The van der Waals surface area contributed by atoms with Crippen molar-refractivity contribution in [1.29, 1.82) is 0 Å². The van der Waals surface area contributed by atoms with Crippen LogP contribution in [0, 0.1) is 0 Å². The molecule has 1 heterocycles. The van der Waals surface area contributed by atoms with E-state index in [2.05, 4.69) is 34.6 Å². The summed E-state index contributed by atoms with van der Waals surface area (Å²) in [5.74, 6) is 7.24. The van der Waals surface area contributed by atoms with Crippen LogP contribution in [0.25, 0.3) is 0 Å². The van der Waals surface area contributed by atoms with E-state index in [1.165, 1.54) is 6.33 Å². The number of nitrogens with zero attached hydrogens (tertiary/aromatic N) is 2. The van der Waals surface area contributed by atoms with Gasteiger partial charge in [0.2, 0.25) is 0 Å². The molecule has 1 aromatic heterocycles. The molecule has 6 heteroatoms. The quantitative estimate of drug-likeness (QED) is 0.318. The fourth-order valence-electron chi connectivity index (χ4n) is 1.82. The topological polar surface area (TPSA) is 96.1 Å². The number of hydrazine groups is 1. The molecule has 0 fully saturated rings. The Morgan fingerprint density at radius 3 is 2.56 bits per heavy atom. The number of anilines is 2. The molecule has 0 aliphatic carbocycles. The fourth-order valence-corrected chi connectivity index (χ4v) is 1.82. The third-order valence-corrected chi connectivity index (χ3v) is 2.73. The summed E-state index contributed by atoms with van der Waals surface area (Å²) in [6.07, 6.45) is 4.36. The molecule has 0 atom stereocenters. The number of nitrogen functional groups attached to an aromatic ring is 1. The minimum atomic E-state index is 0.256. The second kappa shape index (κ2) is 7.84. The average Bonchev–Trinajstić information content (AvgIpc) is 2.37. The highest BCUT2D eigenvalue weighted by Gasteiger charge is 2.13. The Balaban J connectivity index is 2.64. The van der Waals surface area contributed by atoms with Gasteiger partial charge >= 0.3 is 0 Å². The molecule has 0 saturated heterocycles. The van der Waals surface area contributed by atoms with Gasteiger partial charge in [0.25, 0.3) is 0 Å². The van der Waals surface area contributed by atoms with Crippen LogP contribution < -0.4 is 16.6 Å². The van der Waals surface area contributed by atoms with Crippen molar-refractivity contribution in [2.75, 3.05) is 23.9 Å². The monoisotopic (exact) mass is 253 g/mol. The predicted molar refractivity (Wildman–Crippen MR) is 73.4 cm³/mol. The first kappa shape index (κ1) is 14.7. The van der Waals surface area contributed by atoms with E-state index in [1.54, 1.807) is 0 Å². The summed E-state index contributed by atoms with van der Waals surface area (Å²) < 4.78 is 0. The number of rotatable bonds is 8. The fraction of sp³-hybridized carbons (Fsp3) is 0.667. The average molecular weight is 253 g/mol. The van der Waals surface area contributed by atoms with Gasteiger partial charge < -0.3 is 15.8 Å². The summed E-state index contributed by atoms with van der Waals surface area (Å²) in [5, 5.41) is 12.0. The number of nitrogens with two attached hydrogens (primary N) is 1. The number of aliphatic hydroxyl groups excluding tert-OH is 1. The van der Waals surface area contributed by atoms with E-state index in [0.717, 1.165) is 37.2 Å². The van der Waals surface area contributed by atoms with E-state index in [4.69, 9.17) is 10.9 Å². The number of aromatic nitrogens is 2. The molecule has 0 bridgehead atoms. The first-order valence-corrected chi connectivity index (χ1v) is 6.37. The Kier molecular flexibility index (Phi) is 6.38. The summed E-state index contributed by atoms with van der Waals surface area (Å²) in [6.45, 7) is 5.25. The second-order valence-electron chi connectivity index (χ2n) is 4.49. The molecular weight excluding hydrogens is 230 g/mol. The van der Waals surface area contributed by atoms with Crippen LogP contribution in [0.5, 0.6) is 0 Å². The zero-order valence-electron chi connectivity index (χ0n) is 11.1. The van der Waals surface area contributed by atoms with Gasteiger partial charge in [-0.2, -0.15) is 0 Å². The maximum absolute atomic E-state index is 8.70. The maximum atomic E-state index is 8.70. The molecule has 0 unspecified atom stereocenters.